The fraction of sp³-hybridized carbons (Fsp3) is 0.273. The van der Waals surface area contributed by atoms with Crippen molar-refractivity contribution in [1.82, 2.24) is 5.32 Å². The standard InChI is InChI=1S/C11H15N3O3/c12-10(14-17)4-5-13-11(16)7-8-2-1-3-9(15)6-8/h1-3,6,15,17H,4-5,7H2,(H2,12,14)(H,13,16). The van der Waals surface area contributed by atoms with Crippen LogP contribution in [-0.2, 0) is 11.2 Å². The van der Waals surface area contributed by atoms with Crippen molar-refractivity contribution in [2.45, 2.75) is 12.8 Å². The molecule has 0 aliphatic rings. The summed E-state index contributed by atoms with van der Waals surface area (Å²) in [7, 11) is 0. The maximum absolute atomic E-state index is 11.5. The van der Waals surface area contributed by atoms with Crippen LogP contribution in [0.25, 0.3) is 0 Å². The normalized spacial score (nSPS) is 11.2. The summed E-state index contributed by atoms with van der Waals surface area (Å²) in [5, 5.41) is 22.9. The topological polar surface area (TPSA) is 108 Å². The van der Waals surface area contributed by atoms with Gasteiger partial charge >= 0.3 is 0 Å². The Labute approximate surface area is 98.7 Å². The lowest BCUT2D eigenvalue weighted by Gasteiger charge is -2.04. The minimum Gasteiger partial charge on any atom is -0.508 e. The van der Waals surface area contributed by atoms with Crippen molar-refractivity contribution in [2.75, 3.05) is 6.54 Å². The van der Waals surface area contributed by atoms with Gasteiger partial charge in [0.25, 0.3) is 0 Å². The van der Waals surface area contributed by atoms with E-state index in [0.717, 1.165) is 5.56 Å². The summed E-state index contributed by atoms with van der Waals surface area (Å²) < 4.78 is 0. The third-order valence-electron chi connectivity index (χ3n) is 2.11. The Hall–Kier alpha value is -2.24. The second-order valence-electron chi connectivity index (χ2n) is 3.54. The second kappa shape index (κ2) is 6.37. The summed E-state index contributed by atoms with van der Waals surface area (Å²) in [6.45, 7) is 0.313. The Morgan fingerprint density at radius 3 is 2.88 bits per heavy atom. The second-order valence-corrected chi connectivity index (χ2v) is 3.54. The van der Waals surface area contributed by atoms with Gasteiger partial charge in [0.15, 0.2) is 0 Å². The number of hydrogen-bond donors (Lipinski definition) is 4. The molecular weight excluding hydrogens is 222 g/mol. The summed E-state index contributed by atoms with van der Waals surface area (Å²) in [6, 6.07) is 6.50. The van der Waals surface area contributed by atoms with Crippen molar-refractivity contribution in [2.24, 2.45) is 10.9 Å². The van der Waals surface area contributed by atoms with Crippen LogP contribution in [0, 0.1) is 0 Å². The van der Waals surface area contributed by atoms with Crippen LogP contribution in [-0.4, -0.2) is 28.6 Å². The van der Waals surface area contributed by atoms with Crippen molar-refractivity contribution in [3.05, 3.63) is 29.8 Å². The van der Waals surface area contributed by atoms with E-state index in [-0.39, 0.29) is 23.9 Å². The van der Waals surface area contributed by atoms with Crippen LogP contribution in [0.1, 0.15) is 12.0 Å². The Morgan fingerprint density at radius 2 is 2.24 bits per heavy atom. The maximum Gasteiger partial charge on any atom is 0.224 e. The van der Waals surface area contributed by atoms with Crippen molar-refractivity contribution in [3.63, 3.8) is 0 Å². The van der Waals surface area contributed by atoms with Crippen LogP contribution in [0.15, 0.2) is 29.4 Å². The number of amides is 1. The van der Waals surface area contributed by atoms with E-state index in [4.69, 9.17) is 10.9 Å². The van der Waals surface area contributed by atoms with Crippen molar-refractivity contribution in [1.29, 1.82) is 0 Å². The summed E-state index contributed by atoms with van der Waals surface area (Å²) in [5.41, 5.74) is 5.98. The Bertz CT molecular complexity index is 418. The van der Waals surface area contributed by atoms with Gasteiger partial charge in [0.05, 0.1) is 6.42 Å². The number of phenolic OH excluding ortho intramolecular Hbond substituents is 1. The Balaban J connectivity index is 2.35. The van der Waals surface area contributed by atoms with Crippen molar-refractivity contribution >= 4 is 11.7 Å². The van der Waals surface area contributed by atoms with Gasteiger partial charge in [-0.2, -0.15) is 0 Å². The maximum atomic E-state index is 11.5. The van der Waals surface area contributed by atoms with E-state index in [1.54, 1.807) is 18.2 Å². The lowest BCUT2D eigenvalue weighted by atomic mass is 10.1. The van der Waals surface area contributed by atoms with Crippen LogP contribution in [0.5, 0.6) is 5.75 Å². The monoisotopic (exact) mass is 237 g/mol. The average Bonchev–Trinajstić information content (AvgIpc) is 2.28. The number of carbonyl (C=O) groups is 1. The smallest absolute Gasteiger partial charge is 0.224 e. The SMILES string of the molecule is NC(CCNC(=O)Cc1cccc(O)c1)=NO. The van der Waals surface area contributed by atoms with Gasteiger partial charge in [-0.05, 0) is 17.7 Å². The zero-order valence-electron chi connectivity index (χ0n) is 9.26. The molecule has 0 aromatic heterocycles. The number of hydrogen-bond acceptors (Lipinski definition) is 4. The first-order valence-corrected chi connectivity index (χ1v) is 5.13. The highest BCUT2D eigenvalue weighted by atomic mass is 16.4. The molecule has 6 nitrogen and oxygen atoms in total. The molecule has 0 atom stereocenters. The highest BCUT2D eigenvalue weighted by Gasteiger charge is 2.03. The van der Waals surface area contributed by atoms with Gasteiger partial charge in [-0.25, -0.2) is 0 Å². The van der Waals surface area contributed by atoms with E-state index in [0.29, 0.717) is 13.0 Å². The molecule has 0 heterocycles. The summed E-state index contributed by atoms with van der Waals surface area (Å²) in [4.78, 5) is 11.5. The fourth-order valence-corrected chi connectivity index (χ4v) is 1.29. The third kappa shape index (κ3) is 4.87. The van der Waals surface area contributed by atoms with E-state index >= 15 is 0 Å². The quantitative estimate of drug-likeness (QED) is 0.254. The highest BCUT2D eigenvalue weighted by molar-refractivity contribution is 5.82. The number of carbonyl (C=O) groups excluding carboxylic acids is 1. The zero-order valence-corrected chi connectivity index (χ0v) is 9.26. The Kier molecular flexibility index (Phi) is 4.80. The van der Waals surface area contributed by atoms with E-state index in [2.05, 4.69) is 10.5 Å². The Morgan fingerprint density at radius 1 is 1.47 bits per heavy atom. The molecule has 5 N–H and O–H groups in total. The number of nitrogens with zero attached hydrogens (tertiary/aromatic N) is 1. The number of nitrogens with two attached hydrogens (primary N) is 1. The molecule has 1 aromatic rings. The minimum atomic E-state index is -0.179. The van der Waals surface area contributed by atoms with Gasteiger partial charge in [0.1, 0.15) is 11.6 Å². The molecule has 6 heteroatoms. The summed E-state index contributed by atoms with van der Waals surface area (Å²) >= 11 is 0. The summed E-state index contributed by atoms with van der Waals surface area (Å²) in [5.74, 6) is 0.0240. The van der Waals surface area contributed by atoms with Gasteiger partial charge in [-0.1, -0.05) is 17.3 Å². The van der Waals surface area contributed by atoms with E-state index in [9.17, 15) is 9.90 Å². The molecule has 1 aromatic carbocycles. The fourth-order valence-electron chi connectivity index (χ4n) is 1.29. The first-order valence-electron chi connectivity index (χ1n) is 5.13. The van der Waals surface area contributed by atoms with E-state index in [1.165, 1.54) is 6.07 Å². The van der Waals surface area contributed by atoms with Crippen LogP contribution in [0.2, 0.25) is 0 Å². The lowest BCUT2D eigenvalue weighted by Crippen LogP contribution is -2.29. The van der Waals surface area contributed by atoms with E-state index in [1.807, 2.05) is 0 Å². The van der Waals surface area contributed by atoms with Crippen LogP contribution in [0.3, 0.4) is 0 Å². The number of nitrogens with one attached hydrogen (secondary N) is 1. The number of phenols is 1. The number of rotatable bonds is 5. The molecule has 17 heavy (non-hydrogen) atoms. The molecule has 92 valence electrons. The molecule has 0 aliphatic heterocycles. The largest absolute Gasteiger partial charge is 0.508 e. The van der Waals surface area contributed by atoms with Gasteiger partial charge in [-0.3, -0.25) is 4.79 Å². The van der Waals surface area contributed by atoms with E-state index < -0.39 is 0 Å². The molecule has 0 radical (unpaired) electrons. The number of aromatic hydroxyl groups is 1. The number of benzene rings is 1. The first kappa shape index (κ1) is 12.8. The molecule has 1 rings (SSSR count). The predicted octanol–water partition coefficient (Wildman–Crippen LogP) is 0.187. The number of amidine groups is 1. The molecule has 0 fully saturated rings. The number of oxime groups is 1. The predicted molar refractivity (Wildman–Crippen MR) is 62.8 cm³/mol. The first-order chi connectivity index (χ1) is 8.11. The van der Waals surface area contributed by atoms with Crippen molar-refractivity contribution < 1.29 is 15.1 Å². The summed E-state index contributed by atoms with van der Waals surface area (Å²) in [6.07, 6.45) is 0.479. The molecule has 0 bridgehead atoms. The molecule has 0 saturated heterocycles. The molecular formula is C11H15N3O3. The van der Waals surface area contributed by atoms with Gasteiger partial charge in [-0.15, -0.1) is 0 Å². The van der Waals surface area contributed by atoms with Crippen molar-refractivity contribution in [3.8, 4) is 5.75 Å². The molecule has 0 unspecified atom stereocenters. The molecule has 0 aliphatic carbocycles. The van der Waals surface area contributed by atoms with Crippen LogP contribution >= 0.6 is 0 Å². The third-order valence-corrected chi connectivity index (χ3v) is 2.11. The molecule has 0 spiro atoms. The molecule has 1 amide bonds. The van der Waals surface area contributed by atoms with Gasteiger partial charge < -0.3 is 21.4 Å². The highest BCUT2D eigenvalue weighted by Crippen LogP contribution is 2.10. The van der Waals surface area contributed by atoms with Gasteiger partial charge in [0.2, 0.25) is 5.91 Å². The van der Waals surface area contributed by atoms with Crippen LogP contribution in [0.4, 0.5) is 0 Å². The lowest BCUT2D eigenvalue weighted by molar-refractivity contribution is -0.120. The van der Waals surface area contributed by atoms with Crippen LogP contribution < -0.4 is 11.1 Å². The van der Waals surface area contributed by atoms with Gasteiger partial charge in [0, 0.05) is 13.0 Å². The minimum absolute atomic E-state index is 0.0719. The zero-order chi connectivity index (χ0) is 12.7. The average molecular weight is 237 g/mol. The molecule has 0 saturated carbocycles.